The number of methoxy groups -OCH3 is 1. The average molecular weight is 186 g/mol. The SMILES string of the molecule is C=C(C)/C=C(\OC)O[Si](C)(C)C. The Morgan fingerprint density at radius 2 is 1.83 bits per heavy atom. The van der Waals surface area contributed by atoms with E-state index in [0.717, 1.165) is 5.57 Å². The van der Waals surface area contributed by atoms with Crippen LogP contribution in [0.3, 0.4) is 0 Å². The lowest BCUT2D eigenvalue weighted by Crippen LogP contribution is -2.25. The van der Waals surface area contributed by atoms with Gasteiger partial charge in [0.1, 0.15) is 0 Å². The summed E-state index contributed by atoms with van der Waals surface area (Å²) in [4.78, 5) is 0. The number of hydrogen-bond acceptors (Lipinski definition) is 2. The first-order valence-corrected chi connectivity index (χ1v) is 7.36. The first kappa shape index (κ1) is 11.3. The van der Waals surface area contributed by atoms with Gasteiger partial charge in [-0.25, -0.2) is 0 Å². The monoisotopic (exact) mass is 186 g/mol. The van der Waals surface area contributed by atoms with E-state index in [1.165, 1.54) is 0 Å². The van der Waals surface area contributed by atoms with Gasteiger partial charge in [0.15, 0.2) is 0 Å². The Balaban J connectivity index is 4.28. The first-order chi connectivity index (χ1) is 5.35. The van der Waals surface area contributed by atoms with Crippen molar-refractivity contribution in [2.45, 2.75) is 26.6 Å². The standard InChI is InChI=1S/C9H18O2Si/c1-8(2)7-9(10-3)11-12(4,5)6/h7H,1H2,2-6H3/b9-7+. The molecule has 12 heavy (non-hydrogen) atoms. The zero-order valence-corrected chi connectivity index (χ0v) is 9.60. The highest BCUT2D eigenvalue weighted by atomic mass is 28.4. The van der Waals surface area contributed by atoms with Gasteiger partial charge in [-0.15, -0.1) is 0 Å². The molecule has 3 heteroatoms. The van der Waals surface area contributed by atoms with Crippen LogP contribution in [0, 0.1) is 0 Å². The lowest BCUT2D eigenvalue weighted by atomic mass is 10.3. The molecule has 0 saturated carbocycles. The lowest BCUT2D eigenvalue weighted by molar-refractivity contribution is 0.147. The summed E-state index contributed by atoms with van der Waals surface area (Å²) in [5.41, 5.74) is 0.935. The van der Waals surface area contributed by atoms with Crippen LogP contribution < -0.4 is 0 Å². The minimum Gasteiger partial charge on any atom is -0.520 e. The Kier molecular flexibility index (Phi) is 4.10. The summed E-state index contributed by atoms with van der Waals surface area (Å²) in [5.74, 6) is 0.571. The van der Waals surface area contributed by atoms with E-state index in [2.05, 4.69) is 26.2 Å². The molecule has 0 aromatic carbocycles. The molecule has 0 N–H and O–H groups in total. The molecule has 0 aliphatic carbocycles. The summed E-state index contributed by atoms with van der Waals surface area (Å²) in [6.45, 7) is 12.0. The Hall–Kier alpha value is -0.703. The van der Waals surface area contributed by atoms with Crippen molar-refractivity contribution < 1.29 is 9.16 Å². The van der Waals surface area contributed by atoms with E-state index >= 15 is 0 Å². The third-order valence-corrected chi connectivity index (χ3v) is 1.79. The summed E-state index contributed by atoms with van der Waals surface area (Å²) >= 11 is 0. The van der Waals surface area contributed by atoms with E-state index in [9.17, 15) is 0 Å². The molecular formula is C9H18O2Si. The van der Waals surface area contributed by atoms with Crippen LogP contribution in [0.5, 0.6) is 0 Å². The predicted octanol–water partition coefficient (Wildman–Crippen LogP) is 2.90. The van der Waals surface area contributed by atoms with Crippen molar-refractivity contribution >= 4 is 8.32 Å². The summed E-state index contributed by atoms with van der Waals surface area (Å²) < 4.78 is 10.7. The minimum absolute atomic E-state index is 0.571. The molecule has 0 saturated heterocycles. The van der Waals surface area contributed by atoms with Crippen LogP contribution in [-0.4, -0.2) is 15.4 Å². The molecule has 0 heterocycles. The second kappa shape index (κ2) is 4.35. The molecule has 0 aromatic rings. The number of rotatable bonds is 4. The summed E-state index contributed by atoms with van der Waals surface area (Å²) in [5, 5.41) is 0. The van der Waals surface area contributed by atoms with Gasteiger partial charge >= 0.3 is 0 Å². The van der Waals surface area contributed by atoms with E-state index in [4.69, 9.17) is 9.16 Å². The molecule has 0 rings (SSSR count). The van der Waals surface area contributed by atoms with Gasteiger partial charge < -0.3 is 9.16 Å². The van der Waals surface area contributed by atoms with Gasteiger partial charge in [-0.1, -0.05) is 12.2 Å². The van der Waals surface area contributed by atoms with Gasteiger partial charge in [-0.3, -0.25) is 0 Å². The van der Waals surface area contributed by atoms with Crippen LogP contribution in [0.1, 0.15) is 6.92 Å². The van der Waals surface area contributed by atoms with Crippen molar-refractivity contribution in [3.8, 4) is 0 Å². The lowest BCUT2D eigenvalue weighted by Gasteiger charge is -2.20. The van der Waals surface area contributed by atoms with E-state index in [0.29, 0.717) is 5.95 Å². The van der Waals surface area contributed by atoms with E-state index in [1.807, 2.05) is 6.92 Å². The van der Waals surface area contributed by atoms with Crippen LogP contribution in [0.15, 0.2) is 24.2 Å². The third kappa shape index (κ3) is 6.04. The maximum Gasteiger partial charge on any atom is 0.265 e. The van der Waals surface area contributed by atoms with Crippen molar-refractivity contribution in [1.29, 1.82) is 0 Å². The second-order valence-corrected chi connectivity index (χ2v) is 8.16. The Morgan fingerprint density at radius 1 is 1.33 bits per heavy atom. The molecule has 0 fully saturated rings. The summed E-state index contributed by atoms with van der Waals surface area (Å²) in [6.07, 6.45) is 1.80. The molecule has 0 aliphatic rings. The highest BCUT2D eigenvalue weighted by Crippen LogP contribution is 2.12. The van der Waals surface area contributed by atoms with Crippen LogP contribution in [0.25, 0.3) is 0 Å². The van der Waals surface area contributed by atoms with Gasteiger partial charge in [0.05, 0.1) is 7.11 Å². The highest BCUT2D eigenvalue weighted by molar-refractivity contribution is 6.69. The quantitative estimate of drug-likeness (QED) is 0.382. The smallest absolute Gasteiger partial charge is 0.265 e. The molecular weight excluding hydrogens is 168 g/mol. The molecule has 0 aliphatic heterocycles. The van der Waals surface area contributed by atoms with Crippen LogP contribution in [-0.2, 0) is 9.16 Å². The predicted molar refractivity (Wildman–Crippen MR) is 54.3 cm³/mol. The van der Waals surface area contributed by atoms with Crippen molar-refractivity contribution in [3.05, 3.63) is 24.2 Å². The van der Waals surface area contributed by atoms with Crippen molar-refractivity contribution in [2.75, 3.05) is 7.11 Å². The largest absolute Gasteiger partial charge is 0.520 e. The number of allylic oxidation sites excluding steroid dienone is 2. The second-order valence-electron chi connectivity index (χ2n) is 3.73. The van der Waals surface area contributed by atoms with E-state index < -0.39 is 8.32 Å². The minimum atomic E-state index is -1.54. The maximum absolute atomic E-state index is 5.61. The Labute approximate surface area is 76.0 Å². The zero-order chi connectivity index (χ0) is 9.78. The van der Waals surface area contributed by atoms with Crippen LogP contribution >= 0.6 is 0 Å². The molecule has 0 amide bonds. The summed E-state index contributed by atoms with van der Waals surface area (Å²) in [6, 6.07) is 0. The van der Waals surface area contributed by atoms with E-state index in [1.54, 1.807) is 13.2 Å². The molecule has 0 spiro atoms. The molecule has 0 unspecified atom stereocenters. The van der Waals surface area contributed by atoms with Gasteiger partial charge in [0, 0.05) is 6.08 Å². The molecule has 2 nitrogen and oxygen atoms in total. The fraction of sp³-hybridized carbons (Fsp3) is 0.556. The van der Waals surface area contributed by atoms with Crippen LogP contribution in [0.4, 0.5) is 0 Å². The highest BCUT2D eigenvalue weighted by Gasteiger charge is 2.17. The molecule has 70 valence electrons. The molecule has 0 aromatic heterocycles. The zero-order valence-electron chi connectivity index (χ0n) is 8.60. The number of ether oxygens (including phenoxy) is 1. The Bertz CT molecular complexity index is 189. The van der Waals surface area contributed by atoms with Gasteiger partial charge in [-0.2, -0.15) is 0 Å². The van der Waals surface area contributed by atoms with Gasteiger partial charge in [0.2, 0.25) is 8.32 Å². The van der Waals surface area contributed by atoms with Gasteiger partial charge in [0.25, 0.3) is 5.95 Å². The van der Waals surface area contributed by atoms with Crippen LogP contribution in [0.2, 0.25) is 19.6 Å². The molecule has 0 atom stereocenters. The summed E-state index contributed by atoms with van der Waals surface area (Å²) in [7, 11) is 0.0636. The van der Waals surface area contributed by atoms with Gasteiger partial charge in [-0.05, 0) is 26.6 Å². The average Bonchev–Trinajstić information content (AvgIpc) is 1.82. The fourth-order valence-corrected chi connectivity index (χ4v) is 1.38. The normalized spacial score (nSPS) is 12.6. The third-order valence-electron chi connectivity index (χ3n) is 0.972. The molecule has 0 bridgehead atoms. The van der Waals surface area contributed by atoms with Crippen molar-refractivity contribution in [3.63, 3.8) is 0 Å². The first-order valence-electron chi connectivity index (χ1n) is 3.95. The van der Waals surface area contributed by atoms with Crippen molar-refractivity contribution in [1.82, 2.24) is 0 Å². The van der Waals surface area contributed by atoms with Crippen molar-refractivity contribution in [2.24, 2.45) is 0 Å². The fourth-order valence-electron chi connectivity index (χ4n) is 0.633. The molecule has 0 radical (unpaired) electrons. The van der Waals surface area contributed by atoms with E-state index in [-0.39, 0.29) is 0 Å². The number of hydrogen-bond donors (Lipinski definition) is 0. The Morgan fingerprint density at radius 3 is 2.08 bits per heavy atom. The topological polar surface area (TPSA) is 18.5 Å². The maximum atomic E-state index is 5.61.